The Labute approximate surface area is 267 Å². The van der Waals surface area contributed by atoms with Crippen LogP contribution in [-0.2, 0) is 4.79 Å². The molecule has 2 aliphatic rings. The van der Waals surface area contributed by atoms with Crippen LogP contribution in [0, 0.1) is 0 Å². The van der Waals surface area contributed by atoms with Crippen LogP contribution in [0.1, 0.15) is 60.0 Å². The molecule has 1 fully saturated rings. The van der Waals surface area contributed by atoms with Gasteiger partial charge in [-0.25, -0.2) is 0 Å². The lowest BCUT2D eigenvalue weighted by Gasteiger charge is -2.36. The molecule has 3 aromatic carbocycles. The van der Waals surface area contributed by atoms with E-state index < -0.39 is 24.5 Å². The third-order valence-corrected chi connectivity index (χ3v) is 8.97. The molecule has 4 aromatic rings. The number of hydrogen-bond donors (Lipinski definition) is 1. The molecule has 1 atom stereocenters. The lowest BCUT2D eigenvalue weighted by molar-refractivity contribution is -0.161. The molecule has 1 aliphatic carbocycles. The quantitative estimate of drug-likeness (QED) is 0.210. The summed E-state index contributed by atoms with van der Waals surface area (Å²) < 4.78 is 41.0. The number of benzene rings is 3. The van der Waals surface area contributed by atoms with Crippen LogP contribution in [0.15, 0.2) is 91.3 Å². The highest BCUT2D eigenvalue weighted by molar-refractivity contribution is 6.01. The number of anilines is 1. The summed E-state index contributed by atoms with van der Waals surface area (Å²) in [6.07, 6.45) is 1.32. The first-order chi connectivity index (χ1) is 22.2. The lowest BCUT2D eigenvalue weighted by atomic mass is 9.92. The van der Waals surface area contributed by atoms with Gasteiger partial charge in [0.05, 0.1) is 11.5 Å². The Kier molecular flexibility index (Phi) is 9.10. The van der Waals surface area contributed by atoms with Crippen molar-refractivity contribution < 1.29 is 22.8 Å². The van der Waals surface area contributed by atoms with Crippen molar-refractivity contribution in [3.63, 3.8) is 0 Å². The fourth-order valence-electron chi connectivity index (χ4n) is 6.76. The fourth-order valence-corrected chi connectivity index (χ4v) is 6.76. The van der Waals surface area contributed by atoms with Crippen LogP contribution in [0.25, 0.3) is 22.3 Å². The zero-order chi connectivity index (χ0) is 32.3. The molecule has 6 rings (SSSR count). The van der Waals surface area contributed by atoms with Crippen LogP contribution in [0.4, 0.5) is 18.9 Å². The van der Waals surface area contributed by atoms with Gasteiger partial charge in [0.1, 0.15) is 6.54 Å². The molecule has 6 nitrogen and oxygen atoms in total. The minimum absolute atomic E-state index is 0.0546. The molecule has 0 spiro atoms. The molecule has 0 saturated carbocycles. The van der Waals surface area contributed by atoms with Gasteiger partial charge in [-0.2, -0.15) is 13.2 Å². The largest absolute Gasteiger partial charge is 0.406 e. The number of amides is 2. The number of pyridine rings is 1. The van der Waals surface area contributed by atoms with E-state index in [-0.39, 0.29) is 18.5 Å². The third kappa shape index (κ3) is 6.50. The highest BCUT2D eigenvalue weighted by Gasteiger charge is 2.42. The summed E-state index contributed by atoms with van der Waals surface area (Å²) in [5.74, 6) is -1.51. The van der Waals surface area contributed by atoms with Gasteiger partial charge in [-0.3, -0.25) is 14.6 Å². The maximum atomic E-state index is 14.1. The minimum atomic E-state index is -4.49. The topological polar surface area (TPSA) is 65.5 Å². The monoisotopic (exact) mass is 626 g/mol. The molecule has 1 aliphatic heterocycles. The number of rotatable bonds is 9. The molecule has 0 bridgehead atoms. The van der Waals surface area contributed by atoms with Crippen molar-refractivity contribution in [2.75, 3.05) is 31.1 Å². The summed E-state index contributed by atoms with van der Waals surface area (Å²) >= 11 is 0. The van der Waals surface area contributed by atoms with Gasteiger partial charge in [0, 0.05) is 49.3 Å². The third-order valence-electron chi connectivity index (χ3n) is 8.97. The van der Waals surface area contributed by atoms with E-state index in [9.17, 15) is 22.8 Å². The van der Waals surface area contributed by atoms with E-state index in [0.29, 0.717) is 44.3 Å². The van der Waals surface area contributed by atoms with Crippen LogP contribution < -0.4 is 10.2 Å². The highest BCUT2D eigenvalue weighted by Crippen LogP contribution is 2.50. The van der Waals surface area contributed by atoms with Crippen LogP contribution in [-0.4, -0.2) is 60.1 Å². The number of aromatic nitrogens is 1. The maximum Gasteiger partial charge on any atom is 0.406 e. The first-order valence-corrected chi connectivity index (χ1v) is 15.9. The number of nitrogens with zero attached hydrogens (tertiary/aromatic N) is 3. The molecule has 1 unspecified atom stereocenters. The van der Waals surface area contributed by atoms with Crippen molar-refractivity contribution in [3.8, 4) is 22.3 Å². The van der Waals surface area contributed by atoms with Gasteiger partial charge in [0.2, 0.25) is 5.91 Å². The van der Waals surface area contributed by atoms with Crippen molar-refractivity contribution in [1.29, 1.82) is 0 Å². The number of alkyl halides is 3. The first kappa shape index (κ1) is 31.3. The summed E-state index contributed by atoms with van der Waals surface area (Å²) in [5.41, 5.74) is 6.41. The van der Waals surface area contributed by atoms with Crippen molar-refractivity contribution in [3.05, 3.63) is 108 Å². The smallest absolute Gasteiger partial charge is 0.371 e. The molecule has 2 heterocycles. The van der Waals surface area contributed by atoms with Crippen molar-refractivity contribution in [2.24, 2.45) is 0 Å². The number of halogens is 3. The van der Waals surface area contributed by atoms with Gasteiger partial charge in [-0.15, -0.1) is 0 Å². The van der Waals surface area contributed by atoms with Gasteiger partial charge in [-0.05, 0) is 59.2 Å². The number of piperidine rings is 1. The van der Waals surface area contributed by atoms with E-state index in [1.165, 1.54) is 0 Å². The van der Waals surface area contributed by atoms with Crippen molar-refractivity contribution in [2.45, 2.75) is 50.7 Å². The highest BCUT2D eigenvalue weighted by atomic mass is 19.4. The second-order valence-corrected chi connectivity index (χ2v) is 12.0. The van der Waals surface area contributed by atoms with Crippen LogP contribution in [0.5, 0.6) is 0 Å². The molecule has 1 aromatic heterocycles. The van der Waals surface area contributed by atoms with E-state index in [4.69, 9.17) is 0 Å². The normalized spacial score (nSPS) is 16.1. The number of carbonyl (C=O) groups excluding carboxylic acids is 2. The summed E-state index contributed by atoms with van der Waals surface area (Å²) in [5, 5.41) is 3.19. The Morgan fingerprint density at radius 2 is 1.63 bits per heavy atom. The predicted octanol–water partition coefficient (Wildman–Crippen LogP) is 7.45. The van der Waals surface area contributed by atoms with E-state index in [2.05, 4.69) is 15.2 Å². The molecular formula is C37H37F3N4O2. The number of fused-ring (bicyclic) bond motifs is 3. The van der Waals surface area contributed by atoms with E-state index in [1.54, 1.807) is 12.4 Å². The van der Waals surface area contributed by atoms with E-state index in [1.807, 2.05) is 85.8 Å². The number of unbranched alkanes of at least 4 members (excludes halogenated alkanes) is 1. The number of carbonyl (C=O) groups is 2. The van der Waals surface area contributed by atoms with Crippen LogP contribution >= 0.6 is 0 Å². The molecule has 9 heteroatoms. The molecule has 46 heavy (non-hydrogen) atoms. The van der Waals surface area contributed by atoms with Crippen LogP contribution in [0.2, 0.25) is 0 Å². The maximum absolute atomic E-state index is 14.1. The van der Waals surface area contributed by atoms with Gasteiger partial charge in [0.25, 0.3) is 5.91 Å². The summed E-state index contributed by atoms with van der Waals surface area (Å²) in [7, 11) is 0. The molecule has 1 N–H and O–H groups in total. The summed E-state index contributed by atoms with van der Waals surface area (Å²) in [6, 6.07) is 24.9. The average molecular weight is 627 g/mol. The molecule has 0 radical (unpaired) electrons. The van der Waals surface area contributed by atoms with Gasteiger partial charge in [-0.1, -0.05) is 80.1 Å². The average Bonchev–Trinajstić information content (AvgIpc) is 3.41. The Hall–Kier alpha value is -4.66. The number of hydrogen-bond acceptors (Lipinski definition) is 4. The van der Waals surface area contributed by atoms with Crippen LogP contribution in [0.3, 0.4) is 0 Å². The van der Waals surface area contributed by atoms with E-state index in [0.717, 1.165) is 44.0 Å². The second kappa shape index (κ2) is 13.4. The SMILES string of the molecule is CCCCN(CC(F)(F)F)C(=O)C1c2ccccc2-c2cccc(N3CCC(NC(=O)c4cnccc4-c4ccccc4)CC3)c21. The van der Waals surface area contributed by atoms with Crippen molar-refractivity contribution in [1.82, 2.24) is 15.2 Å². The second-order valence-electron chi connectivity index (χ2n) is 12.0. The zero-order valence-corrected chi connectivity index (χ0v) is 25.8. The molecular weight excluding hydrogens is 589 g/mol. The summed E-state index contributed by atoms with van der Waals surface area (Å²) in [6.45, 7) is 1.94. The first-order valence-electron chi connectivity index (χ1n) is 15.9. The molecule has 1 saturated heterocycles. The Morgan fingerprint density at radius 3 is 2.37 bits per heavy atom. The van der Waals surface area contributed by atoms with Gasteiger partial charge in [0.15, 0.2) is 0 Å². The number of nitrogens with one attached hydrogen (secondary N) is 1. The zero-order valence-electron chi connectivity index (χ0n) is 25.8. The van der Waals surface area contributed by atoms with E-state index >= 15 is 0 Å². The van der Waals surface area contributed by atoms with Gasteiger partial charge < -0.3 is 15.1 Å². The fraction of sp³-hybridized carbons (Fsp3) is 0.324. The Bertz CT molecular complexity index is 1700. The molecule has 238 valence electrons. The molecule has 2 amide bonds. The minimum Gasteiger partial charge on any atom is -0.371 e. The van der Waals surface area contributed by atoms with Crippen molar-refractivity contribution >= 4 is 17.5 Å². The Morgan fingerprint density at radius 1 is 0.913 bits per heavy atom. The lowest BCUT2D eigenvalue weighted by Crippen LogP contribution is -2.45. The summed E-state index contributed by atoms with van der Waals surface area (Å²) in [4.78, 5) is 34.9. The predicted molar refractivity (Wildman–Crippen MR) is 174 cm³/mol. The Balaban J connectivity index is 1.23. The van der Waals surface area contributed by atoms with Gasteiger partial charge >= 0.3 is 6.18 Å². The standard InChI is InChI=1S/C37H37F3N4O2/c1-2-3-20-44(24-37(38,39)40)36(46)34-30-13-8-7-12-28(30)29-14-9-15-32(33(29)34)43-21-17-26(18-22-43)42-35(45)31-23-41-19-16-27(31)25-10-5-4-6-11-25/h4-16,19,23,26,34H,2-3,17-18,20-22,24H2,1H3,(H,42,45).